The number of halogens is 3. The molecule has 13 heteroatoms. The molecule has 2 amide bonds. The first kappa shape index (κ1) is 29.7. The van der Waals surface area contributed by atoms with Crippen molar-refractivity contribution in [3.8, 4) is 17.6 Å². The lowest BCUT2D eigenvalue weighted by Gasteiger charge is -2.15. The van der Waals surface area contributed by atoms with E-state index < -0.39 is 16.7 Å². The van der Waals surface area contributed by atoms with Gasteiger partial charge in [-0.15, -0.1) is 0 Å². The van der Waals surface area contributed by atoms with Crippen molar-refractivity contribution in [3.63, 3.8) is 0 Å². The van der Waals surface area contributed by atoms with Gasteiger partial charge in [0.1, 0.15) is 11.6 Å². The van der Waals surface area contributed by atoms with Gasteiger partial charge in [-0.05, 0) is 77.6 Å². The summed E-state index contributed by atoms with van der Waals surface area (Å²) in [5.74, 6) is -0.585. The van der Waals surface area contributed by atoms with E-state index in [0.717, 1.165) is 0 Å². The zero-order valence-electron chi connectivity index (χ0n) is 20.2. The molecule has 200 valence electrons. The van der Waals surface area contributed by atoms with Crippen LogP contribution in [0.1, 0.15) is 12.5 Å². The number of rotatable bonds is 10. The molecular formula is C26H19Cl2IN4O6. The highest BCUT2D eigenvalue weighted by molar-refractivity contribution is 14.1. The minimum atomic E-state index is -0.745. The minimum absolute atomic E-state index is 0.169. The van der Waals surface area contributed by atoms with Crippen molar-refractivity contribution in [2.24, 2.45) is 0 Å². The smallest absolute Gasteiger partial charge is 0.271 e. The Morgan fingerprint density at radius 1 is 1.08 bits per heavy atom. The summed E-state index contributed by atoms with van der Waals surface area (Å²) in [5.41, 5.74) is 0.636. The highest BCUT2D eigenvalue weighted by atomic mass is 127. The zero-order chi connectivity index (χ0) is 28.5. The highest BCUT2D eigenvalue weighted by Crippen LogP contribution is 2.35. The Morgan fingerprint density at radius 2 is 1.82 bits per heavy atom. The summed E-state index contributed by atoms with van der Waals surface area (Å²) < 4.78 is 12.0. The molecule has 0 aliphatic rings. The number of non-ortho nitro benzene ring substituents is 1. The molecule has 10 nitrogen and oxygen atoms in total. The first-order valence-electron chi connectivity index (χ1n) is 11.1. The number of amides is 2. The van der Waals surface area contributed by atoms with Crippen molar-refractivity contribution in [1.29, 1.82) is 5.26 Å². The van der Waals surface area contributed by atoms with E-state index in [2.05, 4.69) is 10.6 Å². The zero-order valence-corrected chi connectivity index (χ0v) is 23.8. The Morgan fingerprint density at radius 3 is 2.49 bits per heavy atom. The third kappa shape index (κ3) is 8.31. The second-order valence-electron chi connectivity index (χ2n) is 7.66. The largest absolute Gasteiger partial charge is 0.490 e. The van der Waals surface area contributed by atoms with Gasteiger partial charge >= 0.3 is 0 Å². The third-order valence-electron chi connectivity index (χ3n) is 4.87. The lowest BCUT2D eigenvalue weighted by Crippen LogP contribution is -2.20. The number of benzene rings is 3. The number of carbonyl (C=O) groups excluding carboxylic acids is 2. The molecule has 39 heavy (non-hydrogen) atoms. The molecule has 3 rings (SSSR count). The van der Waals surface area contributed by atoms with Crippen molar-refractivity contribution in [3.05, 3.63) is 89.5 Å². The first-order chi connectivity index (χ1) is 18.6. The van der Waals surface area contributed by atoms with Crippen molar-refractivity contribution in [2.75, 3.05) is 23.8 Å². The van der Waals surface area contributed by atoms with Gasteiger partial charge in [0, 0.05) is 23.5 Å². The van der Waals surface area contributed by atoms with Gasteiger partial charge < -0.3 is 20.1 Å². The van der Waals surface area contributed by atoms with Crippen LogP contribution in [0, 0.1) is 25.0 Å². The van der Waals surface area contributed by atoms with E-state index in [1.807, 2.05) is 28.7 Å². The molecule has 0 aliphatic carbocycles. The van der Waals surface area contributed by atoms with Crippen LogP contribution in [-0.4, -0.2) is 30.0 Å². The number of anilines is 2. The fraction of sp³-hybridized carbons (Fsp3) is 0.115. The van der Waals surface area contributed by atoms with Crippen LogP contribution in [0.4, 0.5) is 17.1 Å². The van der Waals surface area contributed by atoms with E-state index in [0.29, 0.717) is 36.4 Å². The number of nitrogens with zero attached hydrogens (tertiary/aromatic N) is 2. The van der Waals surface area contributed by atoms with Gasteiger partial charge in [-0.3, -0.25) is 19.7 Å². The predicted molar refractivity (Wildman–Crippen MR) is 156 cm³/mol. The van der Waals surface area contributed by atoms with Crippen LogP contribution in [0.25, 0.3) is 6.08 Å². The highest BCUT2D eigenvalue weighted by Gasteiger charge is 2.17. The monoisotopic (exact) mass is 680 g/mol. The Balaban J connectivity index is 1.77. The molecule has 0 aliphatic heterocycles. The number of ether oxygens (including phenoxy) is 2. The molecule has 0 aromatic heterocycles. The molecule has 2 N–H and O–H groups in total. The molecule has 0 spiro atoms. The lowest BCUT2D eigenvalue weighted by atomic mass is 10.1. The minimum Gasteiger partial charge on any atom is -0.490 e. The van der Waals surface area contributed by atoms with Crippen LogP contribution < -0.4 is 20.1 Å². The fourth-order valence-corrected chi connectivity index (χ4v) is 4.27. The molecule has 3 aromatic rings. The summed E-state index contributed by atoms with van der Waals surface area (Å²) in [6.45, 7) is 1.72. The number of nitro groups is 1. The van der Waals surface area contributed by atoms with Crippen LogP contribution in [0.15, 0.2) is 60.2 Å². The van der Waals surface area contributed by atoms with Gasteiger partial charge in [0.15, 0.2) is 18.1 Å². The number of nitro benzene ring substituents is 1. The van der Waals surface area contributed by atoms with E-state index in [-0.39, 0.29) is 30.2 Å². The third-order valence-corrected chi connectivity index (χ3v) is 6.41. The van der Waals surface area contributed by atoms with Crippen molar-refractivity contribution >= 4 is 80.7 Å². The molecular weight excluding hydrogens is 662 g/mol. The van der Waals surface area contributed by atoms with Crippen molar-refractivity contribution < 1.29 is 24.0 Å². The molecule has 0 atom stereocenters. The Labute approximate surface area is 246 Å². The standard InChI is InChI=1S/C26H19Cl2IN4O6/c1-2-38-23-10-15(8-16(13-30)26(35)32-17-4-3-5-19(11-17)33(36)37)9-22(29)25(23)39-14-24(34)31-18-6-7-20(27)21(28)12-18/h3-12H,2,14H2,1H3,(H,31,34)(H,32,35)/b16-8-. The number of carbonyl (C=O) groups is 2. The predicted octanol–water partition coefficient (Wildman–Crippen LogP) is 6.47. The van der Waals surface area contributed by atoms with Gasteiger partial charge in [-0.2, -0.15) is 5.26 Å². The second-order valence-corrected chi connectivity index (χ2v) is 9.64. The first-order valence-corrected chi connectivity index (χ1v) is 13.0. The average molecular weight is 681 g/mol. The SMILES string of the molecule is CCOc1cc(/C=C(/C#N)C(=O)Nc2cccc([N+](=O)[O-])c2)cc(I)c1OCC(=O)Nc1ccc(Cl)c(Cl)c1. The van der Waals surface area contributed by atoms with Crippen molar-refractivity contribution in [1.82, 2.24) is 0 Å². The van der Waals surface area contributed by atoms with E-state index in [1.165, 1.54) is 36.4 Å². The molecule has 0 bridgehead atoms. The van der Waals surface area contributed by atoms with Crippen LogP contribution in [-0.2, 0) is 9.59 Å². The number of nitrogens with one attached hydrogen (secondary N) is 2. The lowest BCUT2D eigenvalue weighted by molar-refractivity contribution is -0.384. The summed E-state index contributed by atoms with van der Waals surface area (Å²) >= 11 is 13.9. The molecule has 0 unspecified atom stereocenters. The number of nitriles is 1. The number of hydrogen-bond donors (Lipinski definition) is 2. The molecule has 0 heterocycles. The van der Waals surface area contributed by atoms with Crippen LogP contribution in [0.5, 0.6) is 11.5 Å². The van der Waals surface area contributed by atoms with E-state index in [4.69, 9.17) is 32.7 Å². The normalized spacial score (nSPS) is 10.8. The summed E-state index contributed by atoms with van der Waals surface area (Å²) in [5, 5.41) is 26.3. The maximum atomic E-state index is 12.7. The number of hydrogen-bond acceptors (Lipinski definition) is 7. The maximum Gasteiger partial charge on any atom is 0.271 e. The molecule has 0 saturated heterocycles. The van der Waals surface area contributed by atoms with Gasteiger partial charge in [0.2, 0.25) is 0 Å². The van der Waals surface area contributed by atoms with E-state index >= 15 is 0 Å². The fourth-order valence-electron chi connectivity index (χ4n) is 3.19. The quantitative estimate of drug-likeness (QED) is 0.0821. The summed E-state index contributed by atoms with van der Waals surface area (Å²) in [4.78, 5) is 35.5. The molecule has 0 saturated carbocycles. The Bertz CT molecular complexity index is 1510. The van der Waals surface area contributed by atoms with Gasteiger partial charge in [-0.1, -0.05) is 29.3 Å². The maximum absolute atomic E-state index is 12.7. The van der Waals surface area contributed by atoms with Gasteiger partial charge in [0.05, 0.1) is 25.1 Å². The summed E-state index contributed by atoms with van der Waals surface area (Å²) in [7, 11) is 0. The van der Waals surface area contributed by atoms with Crippen LogP contribution in [0.2, 0.25) is 10.0 Å². The van der Waals surface area contributed by atoms with E-state index in [9.17, 15) is 25.0 Å². The summed E-state index contributed by atoms with van der Waals surface area (Å²) in [6.07, 6.45) is 1.35. The van der Waals surface area contributed by atoms with Gasteiger partial charge in [-0.25, -0.2) is 0 Å². The summed E-state index contributed by atoms with van der Waals surface area (Å²) in [6, 6.07) is 15.1. The second kappa shape index (κ2) is 13.8. The molecule has 3 aromatic carbocycles. The molecule has 0 radical (unpaired) electrons. The molecule has 0 fully saturated rings. The van der Waals surface area contributed by atoms with E-state index in [1.54, 1.807) is 31.2 Å². The van der Waals surface area contributed by atoms with Gasteiger partial charge in [0.25, 0.3) is 17.5 Å². The Kier molecular flexibility index (Phi) is 10.5. The van der Waals surface area contributed by atoms with Crippen molar-refractivity contribution in [2.45, 2.75) is 6.92 Å². The topological polar surface area (TPSA) is 144 Å². The Hall–Kier alpha value is -3.86. The average Bonchev–Trinajstić information content (AvgIpc) is 2.89. The van der Waals surface area contributed by atoms with Crippen LogP contribution >= 0.6 is 45.8 Å². The van der Waals surface area contributed by atoms with Crippen LogP contribution in [0.3, 0.4) is 0 Å².